The van der Waals surface area contributed by atoms with Crippen LogP contribution in [-0.2, 0) is 25.2 Å². The topological polar surface area (TPSA) is 111 Å². The summed E-state index contributed by atoms with van der Waals surface area (Å²) in [6.07, 6.45) is -11.2. The van der Waals surface area contributed by atoms with Gasteiger partial charge in [0.2, 0.25) is 10.0 Å². The molecule has 0 fully saturated rings. The number of unbranched alkanes of at least 4 members (excludes halogenated alkanes) is 2. The van der Waals surface area contributed by atoms with Gasteiger partial charge in [0.05, 0.1) is 12.4 Å². The molecule has 0 spiro atoms. The zero-order valence-electron chi connectivity index (χ0n) is 23.5. The molecule has 0 aliphatic carbocycles. The van der Waals surface area contributed by atoms with Gasteiger partial charge >= 0.3 is 19.0 Å². The second-order valence-corrected chi connectivity index (χ2v) is 11.9. The van der Waals surface area contributed by atoms with Crippen LogP contribution in [0.1, 0.15) is 50.2 Å². The zero-order valence-corrected chi connectivity index (χ0v) is 24.3. The SMILES string of the molecule is CCS(=O)(=O)NC(=O)C1=C(c2ccc(OC(F)F)cc2)CC(c2ccc(OCCCCCC(F)(F)F)cc2)(C(F)(F)F)NC1=O. The molecule has 45 heavy (non-hydrogen) atoms. The molecule has 0 bridgehead atoms. The average Bonchev–Trinajstić information content (AvgIpc) is 2.93. The summed E-state index contributed by atoms with van der Waals surface area (Å²) in [6, 6.07) is 8.39. The van der Waals surface area contributed by atoms with E-state index in [2.05, 4.69) is 4.74 Å². The van der Waals surface area contributed by atoms with Gasteiger partial charge in [-0.2, -0.15) is 35.1 Å². The number of sulfonamides is 1. The summed E-state index contributed by atoms with van der Waals surface area (Å²) in [7, 11) is -4.25. The minimum Gasteiger partial charge on any atom is -0.494 e. The third-order valence-corrected chi connectivity index (χ3v) is 8.04. The van der Waals surface area contributed by atoms with E-state index in [9.17, 15) is 53.1 Å². The van der Waals surface area contributed by atoms with Crippen LogP contribution in [0.5, 0.6) is 11.5 Å². The van der Waals surface area contributed by atoms with Crippen molar-refractivity contribution in [1.29, 1.82) is 0 Å². The van der Waals surface area contributed by atoms with Crippen LogP contribution in [0.15, 0.2) is 54.1 Å². The van der Waals surface area contributed by atoms with Crippen LogP contribution in [0.4, 0.5) is 35.1 Å². The Morgan fingerprint density at radius 1 is 0.956 bits per heavy atom. The molecule has 8 nitrogen and oxygen atoms in total. The van der Waals surface area contributed by atoms with Crippen LogP contribution in [0.25, 0.3) is 5.57 Å². The molecule has 2 aromatic carbocycles. The van der Waals surface area contributed by atoms with Crippen LogP contribution in [0, 0.1) is 0 Å². The molecule has 1 aliphatic heterocycles. The summed E-state index contributed by atoms with van der Waals surface area (Å²) in [5.41, 5.74) is -5.26. The summed E-state index contributed by atoms with van der Waals surface area (Å²) in [5.74, 6) is -3.90. The highest BCUT2D eigenvalue weighted by Crippen LogP contribution is 2.48. The van der Waals surface area contributed by atoms with E-state index in [1.165, 1.54) is 19.1 Å². The zero-order chi connectivity index (χ0) is 33.6. The molecule has 0 aromatic heterocycles. The number of hydrogen-bond acceptors (Lipinski definition) is 6. The van der Waals surface area contributed by atoms with Gasteiger partial charge in [-0.25, -0.2) is 13.1 Å². The Morgan fingerprint density at radius 3 is 2.09 bits per heavy atom. The number of hydrogen-bond donors (Lipinski definition) is 2. The Hall–Kier alpha value is -3.89. The van der Waals surface area contributed by atoms with Gasteiger partial charge in [-0.15, -0.1) is 0 Å². The molecular formula is C28H28F8N2O6S. The molecule has 2 amide bonds. The maximum Gasteiger partial charge on any atom is 0.416 e. The van der Waals surface area contributed by atoms with Gasteiger partial charge in [0, 0.05) is 12.8 Å². The van der Waals surface area contributed by atoms with Crippen molar-refractivity contribution in [1.82, 2.24) is 10.0 Å². The van der Waals surface area contributed by atoms with Crippen molar-refractivity contribution in [2.24, 2.45) is 0 Å². The molecule has 1 unspecified atom stereocenters. The third-order valence-electron chi connectivity index (χ3n) is 6.79. The monoisotopic (exact) mass is 672 g/mol. The molecule has 3 rings (SSSR count). The standard InChI is InChI=1S/C28H28F8N2O6S/c1-2-45(41,42)38-24(40)22-21(17-6-10-20(11-7-17)44-25(29)30)16-26(28(34,35)36,37-23(22)39)18-8-12-19(13-9-18)43-15-5-3-4-14-27(31,32)33/h6-13,25H,2-5,14-16H2,1H3,(H,37,39)(H,38,40). The molecule has 1 heterocycles. The first-order chi connectivity index (χ1) is 20.9. The van der Waals surface area contributed by atoms with Crippen LogP contribution in [0.3, 0.4) is 0 Å². The number of halogens is 8. The lowest BCUT2D eigenvalue weighted by Crippen LogP contribution is -2.59. The average molecular weight is 673 g/mol. The lowest BCUT2D eigenvalue weighted by molar-refractivity contribution is -0.201. The Balaban J connectivity index is 1.97. The molecule has 17 heteroatoms. The van der Waals surface area contributed by atoms with Crippen molar-refractivity contribution in [2.45, 2.75) is 63.5 Å². The first-order valence-corrected chi connectivity index (χ1v) is 15.1. The number of alkyl halides is 8. The molecule has 1 aliphatic rings. The van der Waals surface area contributed by atoms with Gasteiger partial charge in [-0.1, -0.05) is 24.3 Å². The van der Waals surface area contributed by atoms with Gasteiger partial charge in [-0.3, -0.25) is 9.59 Å². The molecular weight excluding hydrogens is 644 g/mol. The van der Waals surface area contributed by atoms with E-state index in [1.54, 1.807) is 4.72 Å². The summed E-state index contributed by atoms with van der Waals surface area (Å²) in [6.45, 7) is -2.03. The van der Waals surface area contributed by atoms with Gasteiger partial charge < -0.3 is 14.8 Å². The lowest BCUT2D eigenvalue weighted by atomic mass is 9.76. The lowest BCUT2D eigenvalue weighted by Gasteiger charge is -2.41. The maximum absolute atomic E-state index is 14.9. The molecule has 248 valence electrons. The number of carbonyl (C=O) groups is 2. The molecule has 0 saturated heterocycles. The number of ether oxygens (including phenoxy) is 2. The Bertz CT molecular complexity index is 1490. The van der Waals surface area contributed by atoms with E-state index in [-0.39, 0.29) is 42.9 Å². The molecule has 2 aromatic rings. The second-order valence-electron chi connectivity index (χ2n) is 9.92. The number of rotatable bonds is 13. The van der Waals surface area contributed by atoms with E-state index in [4.69, 9.17) is 4.74 Å². The number of carbonyl (C=O) groups excluding carboxylic acids is 2. The maximum atomic E-state index is 14.9. The molecule has 0 saturated carbocycles. The van der Waals surface area contributed by atoms with Gasteiger partial charge in [0.1, 0.15) is 17.1 Å². The fourth-order valence-corrected chi connectivity index (χ4v) is 5.05. The van der Waals surface area contributed by atoms with Crippen LogP contribution >= 0.6 is 0 Å². The predicted octanol–water partition coefficient (Wildman–Crippen LogP) is 5.99. The third kappa shape index (κ3) is 9.31. The first kappa shape index (κ1) is 35.6. The first-order valence-electron chi connectivity index (χ1n) is 13.4. The van der Waals surface area contributed by atoms with Crippen molar-refractivity contribution < 1.29 is 62.6 Å². The summed E-state index contributed by atoms with van der Waals surface area (Å²) in [5, 5.41) is 1.82. The minimum atomic E-state index is -5.19. The predicted molar refractivity (Wildman–Crippen MR) is 145 cm³/mol. The Labute approximate surface area is 252 Å². The van der Waals surface area contributed by atoms with Gasteiger partial charge in [0.15, 0.2) is 5.54 Å². The fourth-order valence-electron chi connectivity index (χ4n) is 4.52. The second kappa shape index (κ2) is 14.0. The number of nitrogens with one attached hydrogen (secondary N) is 2. The van der Waals surface area contributed by atoms with Crippen LogP contribution < -0.4 is 19.5 Å². The van der Waals surface area contributed by atoms with E-state index in [0.717, 1.165) is 36.4 Å². The van der Waals surface area contributed by atoms with E-state index >= 15 is 0 Å². The van der Waals surface area contributed by atoms with Crippen LogP contribution in [-0.4, -0.2) is 51.6 Å². The highest BCUT2D eigenvalue weighted by atomic mass is 32.2. The number of amides is 2. The van der Waals surface area contributed by atoms with E-state index in [1.807, 2.05) is 5.32 Å². The highest BCUT2D eigenvalue weighted by molar-refractivity contribution is 7.90. The van der Waals surface area contributed by atoms with Gasteiger partial charge in [0.25, 0.3) is 11.8 Å². The summed E-state index contributed by atoms with van der Waals surface area (Å²) in [4.78, 5) is 26.2. The minimum absolute atomic E-state index is 0.00432. The molecule has 1 atom stereocenters. The normalized spacial score (nSPS) is 17.7. The van der Waals surface area contributed by atoms with Crippen molar-refractivity contribution in [3.05, 3.63) is 65.2 Å². The van der Waals surface area contributed by atoms with Crippen LogP contribution in [0.2, 0.25) is 0 Å². The van der Waals surface area contributed by atoms with Crippen molar-refractivity contribution in [3.8, 4) is 11.5 Å². The van der Waals surface area contributed by atoms with Crippen molar-refractivity contribution >= 4 is 27.4 Å². The summed E-state index contributed by atoms with van der Waals surface area (Å²) >= 11 is 0. The quantitative estimate of drug-likeness (QED) is 0.154. The fraction of sp³-hybridized carbons (Fsp3) is 0.429. The Kier molecular flexibility index (Phi) is 11.1. The Morgan fingerprint density at radius 2 is 1.56 bits per heavy atom. The highest BCUT2D eigenvalue weighted by Gasteiger charge is 2.60. The number of benzene rings is 2. The van der Waals surface area contributed by atoms with E-state index in [0.29, 0.717) is 0 Å². The van der Waals surface area contributed by atoms with E-state index < -0.39 is 81.6 Å². The van der Waals surface area contributed by atoms with Gasteiger partial charge in [-0.05, 0) is 67.2 Å². The largest absolute Gasteiger partial charge is 0.494 e. The smallest absolute Gasteiger partial charge is 0.416 e. The molecule has 2 N–H and O–H groups in total. The van der Waals surface area contributed by atoms with Crippen molar-refractivity contribution in [3.63, 3.8) is 0 Å². The van der Waals surface area contributed by atoms with Crippen molar-refractivity contribution in [2.75, 3.05) is 12.4 Å². The molecule has 0 radical (unpaired) electrons. The summed E-state index contributed by atoms with van der Waals surface area (Å²) < 4.78 is 142.